The van der Waals surface area contributed by atoms with Gasteiger partial charge in [0.15, 0.2) is 5.78 Å². The normalized spacial score (nSPS) is 15.0. The summed E-state index contributed by atoms with van der Waals surface area (Å²) in [5, 5.41) is 13.1. The van der Waals surface area contributed by atoms with Gasteiger partial charge in [0.25, 0.3) is 15.9 Å². The summed E-state index contributed by atoms with van der Waals surface area (Å²) in [6.07, 6.45) is 8.18. The molecule has 76 heavy (non-hydrogen) atoms. The van der Waals surface area contributed by atoms with Crippen LogP contribution in [-0.4, -0.2) is 67.7 Å². The summed E-state index contributed by atoms with van der Waals surface area (Å²) < 4.78 is 88.3. The summed E-state index contributed by atoms with van der Waals surface area (Å²) in [4.78, 5) is 43.9. The number of rotatable bonds is 19. The topological polar surface area (TPSA) is 238 Å². The van der Waals surface area contributed by atoms with Crippen LogP contribution in [0.5, 0.6) is 0 Å². The summed E-state index contributed by atoms with van der Waals surface area (Å²) in [6.45, 7) is 20.0. The Morgan fingerprint density at radius 3 is 1.99 bits per heavy atom. The lowest BCUT2D eigenvalue weighted by Crippen LogP contribution is -2.48. The van der Waals surface area contributed by atoms with Crippen molar-refractivity contribution in [3.8, 4) is 6.07 Å². The number of amides is 2. The molecular weight excluding hydrogens is 1050 g/mol. The van der Waals surface area contributed by atoms with Crippen LogP contribution in [0.4, 0.5) is 33.2 Å². The third kappa shape index (κ3) is 14.0. The van der Waals surface area contributed by atoms with Gasteiger partial charge >= 0.3 is 6.09 Å². The van der Waals surface area contributed by atoms with Crippen LogP contribution in [0.25, 0.3) is 12.2 Å². The van der Waals surface area contributed by atoms with Crippen LogP contribution in [0.3, 0.4) is 0 Å². The van der Waals surface area contributed by atoms with Crippen molar-refractivity contribution >= 4 is 100 Å². The molecule has 4 N–H and O–H groups in total. The van der Waals surface area contributed by atoms with Crippen molar-refractivity contribution < 1.29 is 44.4 Å². The number of nitrogens with zero attached hydrogens (tertiary/aromatic N) is 2. The van der Waals surface area contributed by atoms with E-state index in [9.17, 15) is 44.9 Å². The van der Waals surface area contributed by atoms with Gasteiger partial charge in [-0.1, -0.05) is 105 Å². The Bertz CT molecular complexity index is 3420. The lowest BCUT2D eigenvalue weighted by atomic mass is 9.73. The van der Waals surface area contributed by atoms with Crippen molar-refractivity contribution in [3.05, 3.63) is 116 Å². The molecule has 4 aromatic carbocycles. The van der Waals surface area contributed by atoms with Crippen LogP contribution in [0.1, 0.15) is 134 Å². The van der Waals surface area contributed by atoms with E-state index in [1.54, 1.807) is 26.8 Å². The molecule has 2 aliphatic rings. The third-order valence-electron chi connectivity index (χ3n) is 14.2. The average molecular weight is 1120 g/mol. The highest BCUT2D eigenvalue weighted by atomic mass is 35.5. The van der Waals surface area contributed by atoms with Gasteiger partial charge in [0, 0.05) is 17.1 Å². The van der Waals surface area contributed by atoms with E-state index < -0.39 is 70.0 Å². The molecule has 1 atom stereocenters. The highest BCUT2D eigenvalue weighted by Crippen LogP contribution is 2.43. The molecule has 20 heteroatoms. The first kappa shape index (κ1) is 59.1. The first-order chi connectivity index (χ1) is 35.2. The lowest BCUT2D eigenvalue weighted by Gasteiger charge is -2.31. The summed E-state index contributed by atoms with van der Waals surface area (Å²) in [6, 6.07) is 19.0. The molecule has 408 valence electrons. The van der Waals surface area contributed by atoms with Crippen molar-refractivity contribution in [2.45, 2.75) is 142 Å². The molecule has 2 aliphatic carbocycles. The molecule has 0 aliphatic heterocycles. The standard InChI is InChI=1S/C56H69ClN6O10S3/c1-13-55(7,8)39-28-37-27-36(29-44(37)45(30-39)56(9,10)14-2)38(33-58)26-35-19-22-43(25-34(35)3)63(42-17-15-16-18-42)53(66)73-50(51(64)54(4,5)6)52(65)59-47-31-41(20-23-46(47)57)61-76(71,72)49-24-21-40(60-74(11,67)68)32-48(49)62-75(12,69)70/h19-28,30-32,42,50,60-62H,13-18,29H2,1-12H3,(H,59,65). The van der Waals surface area contributed by atoms with Crippen LogP contribution in [0, 0.1) is 23.7 Å². The van der Waals surface area contributed by atoms with Gasteiger partial charge < -0.3 is 10.1 Å². The molecule has 1 fully saturated rings. The molecule has 1 unspecified atom stereocenters. The number of benzene rings is 4. The number of ketones is 1. The number of aryl methyl sites for hydroxylation is 1. The maximum Gasteiger partial charge on any atom is 0.415 e. The van der Waals surface area contributed by atoms with Gasteiger partial charge in [-0.2, -0.15) is 5.26 Å². The molecule has 0 spiro atoms. The Labute approximate surface area is 453 Å². The first-order valence-electron chi connectivity index (χ1n) is 25.0. The first-order valence-corrected chi connectivity index (χ1v) is 30.7. The second kappa shape index (κ2) is 22.4. The number of hydrogen-bond donors (Lipinski definition) is 4. The fourth-order valence-electron chi connectivity index (χ4n) is 9.15. The molecule has 0 radical (unpaired) electrons. The maximum atomic E-state index is 14.6. The second-order valence-corrected chi connectivity index (χ2v) is 27.6. The Morgan fingerprint density at radius 1 is 0.803 bits per heavy atom. The van der Waals surface area contributed by atoms with E-state index in [1.165, 1.54) is 33.7 Å². The molecule has 0 heterocycles. The summed E-state index contributed by atoms with van der Waals surface area (Å²) in [7, 11) is -12.5. The third-order valence-corrected chi connectivity index (χ3v) is 17.2. The molecule has 6 rings (SSSR count). The number of nitriles is 1. The van der Waals surface area contributed by atoms with Gasteiger partial charge in [-0.15, -0.1) is 0 Å². The van der Waals surface area contributed by atoms with E-state index in [4.69, 9.17) is 16.3 Å². The molecule has 0 aromatic heterocycles. The molecule has 0 saturated heterocycles. The van der Waals surface area contributed by atoms with E-state index in [0.717, 1.165) is 84.7 Å². The fourth-order valence-corrected chi connectivity index (χ4v) is 11.7. The average Bonchev–Trinajstić information content (AvgIpc) is 4.00. The second-order valence-electron chi connectivity index (χ2n) is 22.1. The number of anilines is 5. The molecule has 16 nitrogen and oxygen atoms in total. The zero-order valence-corrected chi connectivity index (χ0v) is 48.4. The number of halogens is 1. The highest BCUT2D eigenvalue weighted by Gasteiger charge is 2.41. The SMILES string of the molecule is CCC(C)(C)c1cc2c(c(C(C)(C)CC)c1)CC(C(C#N)=Cc1ccc(N(C(=O)OC(C(=O)Nc3cc(NS(=O)(=O)c4ccc(NS(C)(=O)=O)cc4NS(C)(=O)=O)ccc3Cl)C(=O)C(C)(C)C)C3CCCC3)cc1C)=C2. The van der Waals surface area contributed by atoms with Gasteiger partial charge in [0.05, 0.1) is 51.9 Å². The number of fused-ring (bicyclic) bond motifs is 1. The number of carbonyl (C=O) groups is 3. The van der Waals surface area contributed by atoms with E-state index in [1.807, 2.05) is 25.1 Å². The Balaban J connectivity index is 1.28. The van der Waals surface area contributed by atoms with Crippen molar-refractivity contribution in [1.29, 1.82) is 5.26 Å². The number of Topliss-reactive ketones (excluding diaryl/α,β-unsaturated/α-hetero) is 1. The number of ether oxygens (including phenoxy) is 1. The fraction of sp³-hybridized carbons (Fsp3) is 0.429. The Kier molecular flexibility index (Phi) is 17.4. The largest absolute Gasteiger partial charge is 0.428 e. The number of allylic oxidation sites excluding steroid dienone is 2. The van der Waals surface area contributed by atoms with Gasteiger partial charge in [-0.05, 0) is 149 Å². The quantitative estimate of drug-likeness (QED) is 0.0509. The summed E-state index contributed by atoms with van der Waals surface area (Å²) in [5.74, 6) is -1.81. The van der Waals surface area contributed by atoms with E-state index in [2.05, 4.69) is 85.3 Å². The number of sulfonamides is 3. The summed E-state index contributed by atoms with van der Waals surface area (Å²) >= 11 is 6.52. The van der Waals surface area contributed by atoms with Crippen LogP contribution in [0.2, 0.25) is 5.02 Å². The van der Waals surface area contributed by atoms with Gasteiger partial charge in [0.2, 0.25) is 26.2 Å². The van der Waals surface area contributed by atoms with Crippen molar-refractivity contribution in [2.24, 2.45) is 5.41 Å². The minimum Gasteiger partial charge on any atom is -0.428 e. The molecule has 4 aromatic rings. The predicted octanol–water partition coefficient (Wildman–Crippen LogP) is 11.6. The lowest BCUT2D eigenvalue weighted by molar-refractivity contribution is -0.142. The van der Waals surface area contributed by atoms with Crippen molar-refractivity contribution in [2.75, 3.05) is 36.9 Å². The van der Waals surface area contributed by atoms with Crippen LogP contribution in [-0.2, 0) is 61.6 Å². The maximum absolute atomic E-state index is 14.6. The zero-order valence-electron chi connectivity index (χ0n) is 45.2. The highest BCUT2D eigenvalue weighted by molar-refractivity contribution is 7.93. The molecule has 2 amide bonds. The van der Waals surface area contributed by atoms with Crippen molar-refractivity contribution in [3.63, 3.8) is 0 Å². The molecule has 0 bridgehead atoms. The van der Waals surface area contributed by atoms with Gasteiger partial charge in [0.1, 0.15) is 4.90 Å². The molecular formula is C56H69ClN6O10S3. The van der Waals surface area contributed by atoms with Crippen LogP contribution < -0.4 is 24.4 Å². The minimum atomic E-state index is -4.64. The van der Waals surface area contributed by atoms with Crippen LogP contribution >= 0.6 is 11.6 Å². The van der Waals surface area contributed by atoms with E-state index >= 15 is 0 Å². The van der Waals surface area contributed by atoms with Crippen molar-refractivity contribution in [1.82, 2.24) is 0 Å². The minimum absolute atomic E-state index is 0.0289. The smallest absolute Gasteiger partial charge is 0.415 e. The number of nitrogens with one attached hydrogen (secondary N) is 4. The Morgan fingerprint density at radius 2 is 1.41 bits per heavy atom. The van der Waals surface area contributed by atoms with Crippen LogP contribution in [0.15, 0.2) is 82.8 Å². The molecule has 1 saturated carbocycles. The summed E-state index contributed by atoms with van der Waals surface area (Å²) in [5.41, 5.74) is 6.16. The van der Waals surface area contributed by atoms with E-state index in [-0.39, 0.29) is 39.0 Å². The van der Waals surface area contributed by atoms with Gasteiger partial charge in [-0.3, -0.25) is 28.7 Å². The Hall–Kier alpha value is -6.20. The van der Waals surface area contributed by atoms with Gasteiger partial charge in [-0.25, -0.2) is 30.0 Å². The zero-order chi connectivity index (χ0) is 56.5. The number of carbonyl (C=O) groups excluding carboxylic acids is 3. The number of hydrogen-bond acceptors (Lipinski definition) is 11. The monoisotopic (exact) mass is 1120 g/mol. The predicted molar refractivity (Wildman–Crippen MR) is 303 cm³/mol. The van der Waals surface area contributed by atoms with E-state index in [0.29, 0.717) is 30.5 Å².